The first-order valence-corrected chi connectivity index (χ1v) is 9.75. The number of amides is 1. The van der Waals surface area contributed by atoms with Crippen LogP contribution in [0.25, 0.3) is 5.69 Å². The zero-order valence-electron chi connectivity index (χ0n) is 16.9. The number of carbonyl (C=O) groups is 2. The second-order valence-corrected chi connectivity index (χ2v) is 7.14. The van der Waals surface area contributed by atoms with Gasteiger partial charge in [-0.3, -0.25) is 4.79 Å². The van der Waals surface area contributed by atoms with E-state index in [1.54, 1.807) is 24.3 Å². The van der Waals surface area contributed by atoms with Crippen LogP contribution in [0.5, 0.6) is 0 Å². The molecule has 0 N–H and O–H groups in total. The van der Waals surface area contributed by atoms with Crippen LogP contribution in [0, 0.1) is 13.8 Å². The lowest BCUT2D eigenvalue weighted by Crippen LogP contribution is -2.28. The van der Waals surface area contributed by atoms with Gasteiger partial charge in [-0.2, -0.15) is 10.2 Å². The summed E-state index contributed by atoms with van der Waals surface area (Å²) < 4.78 is 7.00. The zero-order valence-corrected chi connectivity index (χ0v) is 16.9. The lowest BCUT2D eigenvalue weighted by molar-refractivity contribution is -0.134. The van der Waals surface area contributed by atoms with Gasteiger partial charge in [0.2, 0.25) is 0 Å². The highest BCUT2D eigenvalue weighted by atomic mass is 16.5. The third-order valence-electron chi connectivity index (χ3n) is 4.88. The quantitative estimate of drug-likeness (QED) is 0.614. The second-order valence-electron chi connectivity index (χ2n) is 7.14. The molecule has 1 aliphatic heterocycles. The number of rotatable bonds is 5. The van der Waals surface area contributed by atoms with E-state index in [0.717, 1.165) is 28.4 Å². The molecule has 0 spiro atoms. The summed E-state index contributed by atoms with van der Waals surface area (Å²) in [6.45, 7) is 4.04. The first-order valence-electron chi connectivity index (χ1n) is 9.75. The Hall–Kier alpha value is -3.74. The number of benzene rings is 2. The highest BCUT2D eigenvalue weighted by Gasteiger charge is 2.22. The minimum absolute atomic E-state index is 0.339. The van der Waals surface area contributed by atoms with E-state index in [9.17, 15) is 9.59 Å². The van der Waals surface area contributed by atoms with Crippen LogP contribution in [0.15, 0.2) is 65.8 Å². The number of carbonyl (C=O) groups excluding carboxylic acids is 2. The highest BCUT2D eigenvalue weighted by molar-refractivity contribution is 6.02. The molecule has 7 heteroatoms. The molecule has 0 unspecified atom stereocenters. The van der Waals surface area contributed by atoms with E-state index in [1.165, 1.54) is 5.01 Å². The molecule has 1 aliphatic rings. The summed E-state index contributed by atoms with van der Waals surface area (Å²) in [5.74, 6) is -0.886. The van der Waals surface area contributed by atoms with E-state index in [4.69, 9.17) is 4.74 Å². The van der Waals surface area contributed by atoms with Crippen molar-refractivity contribution in [2.24, 2.45) is 5.10 Å². The van der Waals surface area contributed by atoms with Crippen LogP contribution in [0.3, 0.4) is 0 Å². The van der Waals surface area contributed by atoms with Crippen molar-refractivity contribution < 1.29 is 14.3 Å². The molecule has 2 heterocycles. The summed E-state index contributed by atoms with van der Waals surface area (Å²) in [5, 5.41) is 10.2. The number of nitrogens with zero attached hydrogens (tertiary/aromatic N) is 4. The molecule has 30 heavy (non-hydrogen) atoms. The number of aromatic nitrogens is 2. The van der Waals surface area contributed by atoms with Crippen molar-refractivity contribution in [3.05, 3.63) is 83.2 Å². The number of ether oxygens (including phenoxy) is 1. The van der Waals surface area contributed by atoms with Crippen molar-refractivity contribution in [3.63, 3.8) is 0 Å². The normalized spacial score (nSPS) is 13.3. The molecule has 152 valence electrons. The molecule has 1 aromatic heterocycles. The van der Waals surface area contributed by atoms with Gasteiger partial charge in [0.1, 0.15) is 0 Å². The molecule has 0 atom stereocenters. The van der Waals surface area contributed by atoms with E-state index < -0.39 is 5.97 Å². The molecule has 0 aliphatic carbocycles. The van der Waals surface area contributed by atoms with Crippen molar-refractivity contribution in [1.29, 1.82) is 0 Å². The minimum atomic E-state index is -0.547. The Kier molecular flexibility index (Phi) is 5.43. The van der Waals surface area contributed by atoms with Gasteiger partial charge in [0.05, 0.1) is 29.2 Å². The Morgan fingerprint density at radius 3 is 2.43 bits per heavy atom. The van der Waals surface area contributed by atoms with E-state index in [0.29, 0.717) is 18.5 Å². The van der Waals surface area contributed by atoms with Gasteiger partial charge in [0.25, 0.3) is 5.91 Å². The molecule has 0 saturated heterocycles. The molecule has 1 amide bonds. The topological polar surface area (TPSA) is 76.8 Å². The molecule has 4 rings (SSSR count). The summed E-state index contributed by atoms with van der Waals surface area (Å²) in [5.41, 5.74) is 5.02. The molecule has 0 saturated carbocycles. The van der Waals surface area contributed by atoms with Gasteiger partial charge in [-0.1, -0.05) is 30.3 Å². The summed E-state index contributed by atoms with van der Waals surface area (Å²) in [7, 11) is 0. The van der Waals surface area contributed by atoms with Gasteiger partial charge in [0, 0.05) is 12.1 Å². The summed E-state index contributed by atoms with van der Waals surface area (Å²) in [4.78, 5) is 24.7. The lowest BCUT2D eigenvalue weighted by atomic mass is 10.1. The maximum Gasteiger partial charge on any atom is 0.338 e. The van der Waals surface area contributed by atoms with Crippen molar-refractivity contribution in [1.82, 2.24) is 14.8 Å². The maximum absolute atomic E-state index is 12.4. The van der Waals surface area contributed by atoms with Gasteiger partial charge < -0.3 is 4.74 Å². The molecular weight excluding hydrogens is 380 g/mol. The average molecular weight is 402 g/mol. The third kappa shape index (κ3) is 4.15. The van der Waals surface area contributed by atoms with Crippen LogP contribution in [0.1, 0.15) is 33.7 Å². The monoisotopic (exact) mass is 402 g/mol. The van der Waals surface area contributed by atoms with Crippen LogP contribution in [0.2, 0.25) is 0 Å². The molecule has 2 aromatic carbocycles. The molecule has 0 bridgehead atoms. The third-order valence-corrected chi connectivity index (χ3v) is 4.88. The van der Waals surface area contributed by atoms with Crippen molar-refractivity contribution in [3.8, 4) is 5.69 Å². The van der Waals surface area contributed by atoms with Gasteiger partial charge in [0.15, 0.2) is 6.61 Å². The fourth-order valence-corrected chi connectivity index (χ4v) is 3.38. The molecular formula is C23H22N4O3. The maximum atomic E-state index is 12.4. The van der Waals surface area contributed by atoms with Crippen LogP contribution >= 0.6 is 0 Å². The van der Waals surface area contributed by atoms with Gasteiger partial charge >= 0.3 is 5.97 Å². The fraction of sp³-hybridized carbons (Fsp3) is 0.217. The number of esters is 1. The van der Waals surface area contributed by atoms with Crippen LogP contribution in [-0.4, -0.2) is 45.5 Å². The largest absolute Gasteiger partial charge is 0.452 e. The van der Waals surface area contributed by atoms with E-state index in [2.05, 4.69) is 10.2 Å². The Balaban J connectivity index is 1.35. The number of hydrazone groups is 1. The summed E-state index contributed by atoms with van der Waals surface area (Å²) in [6.07, 6.45) is 0.678. The van der Waals surface area contributed by atoms with Gasteiger partial charge in [-0.05, 0) is 49.7 Å². The zero-order chi connectivity index (χ0) is 21.1. The smallest absolute Gasteiger partial charge is 0.338 e. The first kappa shape index (κ1) is 19.6. The molecule has 3 aromatic rings. The second kappa shape index (κ2) is 8.32. The summed E-state index contributed by atoms with van der Waals surface area (Å²) >= 11 is 0. The molecule has 7 nitrogen and oxygen atoms in total. The Labute approximate surface area is 174 Å². The van der Waals surface area contributed by atoms with Crippen LogP contribution in [0.4, 0.5) is 0 Å². The highest BCUT2D eigenvalue weighted by Crippen LogP contribution is 2.15. The predicted molar refractivity (Wildman–Crippen MR) is 113 cm³/mol. The number of aryl methyl sites for hydroxylation is 2. The summed E-state index contributed by atoms with van der Waals surface area (Å²) in [6, 6.07) is 18.6. The van der Waals surface area contributed by atoms with Gasteiger partial charge in [-0.15, -0.1) is 0 Å². The average Bonchev–Trinajstić information content (AvgIpc) is 3.39. The molecule has 0 fully saturated rings. The van der Waals surface area contributed by atoms with Crippen molar-refractivity contribution in [2.45, 2.75) is 20.3 Å². The van der Waals surface area contributed by atoms with Crippen molar-refractivity contribution >= 4 is 17.6 Å². The van der Waals surface area contributed by atoms with E-state index >= 15 is 0 Å². The Morgan fingerprint density at radius 1 is 1.03 bits per heavy atom. The molecule has 0 radical (unpaired) electrons. The van der Waals surface area contributed by atoms with Crippen LogP contribution < -0.4 is 0 Å². The number of hydrogen-bond donors (Lipinski definition) is 0. The van der Waals surface area contributed by atoms with Crippen molar-refractivity contribution in [2.75, 3.05) is 13.2 Å². The van der Waals surface area contributed by atoms with Gasteiger partial charge in [-0.25, -0.2) is 14.5 Å². The lowest BCUT2D eigenvalue weighted by Gasteiger charge is -2.12. The number of hydrogen-bond acceptors (Lipinski definition) is 5. The van der Waals surface area contributed by atoms with E-state index in [1.807, 2.05) is 54.9 Å². The SMILES string of the molecule is Cc1cc(C)n(-c2ccc(C(=O)OCC(=O)N3CCC(c4ccccc4)=N3)cc2)n1. The Bertz CT molecular complexity index is 1100. The fourth-order valence-electron chi connectivity index (χ4n) is 3.38. The first-order chi connectivity index (χ1) is 14.5. The standard InChI is InChI=1S/C23H22N4O3/c1-16-14-17(2)27(24-16)20-10-8-19(9-11-20)23(29)30-15-22(28)26-13-12-21(25-26)18-6-4-3-5-7-18/h3-11,14H,12-13,15H2,1-2H3. The van der Waals surface area contributed by atoms with E-state index in [-0.39, 0.29) is 12.5 Å². The minimum Gasteiger partial charge on any atom is -0.452 e. The van der Waals surface area contributed by atoms with Crippen LogP contribution in [-0.2, 0) is 9.53 Å². The predicted octanol–water partition coefficient (Wildman–Crippen LogP) is 3.28. The Morgan fingerprint density at radius 2 is 1.77 bits per heavy atom.